The van der Waals surface area contributed by atoms with Crippen LogP contribution >= 0.6 is 0 Å². The Labute approximate surface area is 138 Å². The molecular formula is C17H29N5O. The number of carbonyl (C=O) groups is 1. The van der Waals surface area contributed by atoms with Crippen molar-refractivity contribution in [3.63, 3.8) is 0 Å². The summed E-state index contributed by atoms with van der Waals surface area (Å²) < 4.78 is 2.06. The Kier molecular flexibility index (Phi) is 5.30. The molecule has 0 unspecified atom stereocenters. The lowest BCUT2D eigenvalue weighted by molar-refractivity contribution is -0.127. The van der Waals surface area contributed by atoms with Crippen LogP contribution in [0.1, 0.15) is 43.8 Å². The maximum absolute atomic E-state index is 11.6. The molecule has 3 rings (SSSR count). The van der Waals surface area contributed by atoms with Crippen molar-refractivity contribution in [1.29, 1.82) is 0 Å². The zero-order valence-corrected chi connectivity index (χ0v) is 14.5. The van der Waals surface area contributed by atoms with Crippen molar-refractivity contribution in [3.8, 4) is 0 Å². The minimum Gasteiger partial charge on any atom is -0.343 e. The first-order chi connectivity index (χ1) is 11.1. The highest BCUT2D eigenvalue weighted by Crippen LogP contribution is 2.19. The fourth-order valence-corrected chi connectivity index (χ4v) is 3.91. The van der Waals surface area contributed by atoms with Crippen LogP contribution in [0, 0.1) is 19.8 Å². The van der Waals surface area contributed by atoms with Gasteiger partial charge in [-0.3, -0.25) is 4.79 Å². The molecule has 23 heavy (non-hydrogen) atoms. The van der Waals surface area contributed by atoms with Gasteiger partial charge >= 0.3 is 0 Å². The molecule has 0 saturated carbocycles. The molecule has 1 aromatic rings. The predicted molar refractivity (Wildman–Crippen MR) is 89.1 cm³/mol. The number of carbonyl (C=O) groups excluding carboxylic acids is 1. The fourth-order valence-electron chi connectivity index (χ4n) is 3.91. The molecule has 6 nitrogen and oxygen atoms in total. The van der Waals surface area contributed by atoms with Crippen molar-refractivity contribution in [2.75, 3.05) is 32.7 Å². The van der Waals surface area contributed by atoms with Gasteiger partial charge in [0.15, 0.2) is 0 Å². The molecule has 0 spiro atoms. The summed E-state index contributed by atoms with van der Waals surface area (Å²) in [6.45, 7) is 10.3. The average molecular weight is 319 g/mol. The van der Waals surface area contributed by atoms with E-state index in [1.165, 1.54) is 19.4 Å². The zero-order chi connectivity index (χ0) is 16.2. The first kappa shape index (κ1) is 16.4. The van der Waals surface area contributed by atoms with E-state index in [1.807, 2.05) is 18.7 Å². The summed E-state index contributed by atoms with van der Waals surface area (Å²) in [5.74, 6) is 2.90. The van der Waals surface area contributed by atoms with Crippen LogP contribution in [-0.4, -0.2) is 63.2 Å². The minimum atomic E-state index is 0.346. The third kappa shape index (κ3) is 4.31. The van der Waals surface area contributed by atoms with Crippen LogP contribution in [-0.2, 0) is 11.3 Å². The topological polar surface area (TPSA) is 54.3 Å². The van der Waals surface area contributed by atoms with Crippen LogP contribution in [0.2, 0.25) is 0 Å². The maximum Gasteiger partial charge on any atom is 0.222 e. The van der Waals surface area contributed by atoms with E-state index < -0.39 is 0 Å². The molecule has 2 fully saturated rings. The summed E-state index contributed by atoms with van der Waals surface area (Å²) in [5.41, 5.74) is 0. The lowest BCUT2D eigenvalue weighted by Gasteiger charge is -2.33. The summed E-state index contributed by atoms with van der Waals surface area (Å²) >= 11 is 0. The third-order valence-electron chi connectivity index (χ3n) is 5.07. The quantitative estimate of drug-likeness (QED) is 0.799. The summed E-state index contributed by atoms with van der Waals surface area (Å²) in [6, 6.07) is 0. The molecule has 0 N–H and O–H groups in total. The number of piperidine rings is 1. The molecule has 2 aliphatic heterocycles. The first-order valence-corrected chi connectivity index (χ1v) is 9.00. The Hall–Kier alpha value is -1.43. The smallest absolute Gasteiger partial charge is 0.222 e. The van der Waals surface area contributed by atoms with Gasteiger partial charge < -0.3 is 9.80 Å². The largest absolute Gasteiger partial charge is 0.343 e. The Bertz CT molecular complexity index is 541. The van der Waals surface area contributed by atoms with Gasteiger partial charge in [-0.25, -0.2) is 9.67 Å². The standard InChI is InChI=1S/C17H29N5O/c1-14-18-15(2)22(19-14)13-16-6-3-8-20(12-16)9-5-11-21-10-4-7-17(21)23/h16H,3-13H2,1-2H3/t16-/m0/s1. The van der Waals surface area contributed by atoms with E-state index in [1.54, 1.807) is 0 Å². The lowest BCUT2D eigenvalue weighted by Crippen LogP contribution is -2.39. The lowest BCUT2D eigenvalue weighted by atomic mass is 9.98. The van der Waals surface area contributed by atoms with Gasteiger partial charge in [0.25, 0.3) is 0 Å². The fraction of sp³-hybridized carbons (Fsp3) is 0.824. The predicted octanol–water partition coefficient (Wildman–Crippen LogP) is 1.62. The Morgan fingerprint density at radius 3 is 2.74 bits per heavy atom. The van der Waals surface area contributed by atoms with E-state index >= 15 is 0 Å². The van der Waals surface area contributed by atoms with Crippen molar-refractivity contribution in [2.24, 2.45) is 5.92 Å². The molecule has 2 saturated heterocycles. The van der Waals surface area contributed by atoms with Gasteiger partial charge in [-0.1, -0.05) is 0 Å². The SMILES string of the molecule is Cc1nc(C)n(C[C@H]2CCCN(CCCN3CCCC3=O)C2)n1. The van der Waals surface area contributed by atoms with Gasteiger partial charge in [-0.15, -0.1) is 0 Å². The highest BCUT2D eigenvalue weighted by molar-refractivity contribution is 5.77. The van der Waals surface area contributed by atoms with Crippen LogP contribution in [0.25, 0.3) is 0 Å². The maximum atomic E-state index is 11.6. The highest BCUT2D eigenvalue weighted by Gasteiger charge is 2.23. The summed E-state index contributed by atoms with van der Waals surface area (Å²) in [6.07, 6.45) is 5.43. The molecule has 2 aliphatic rings. The zero-order valence-electron chi connectivity index (χ0n) is 14.5. The highest BCUT2D eigenvalue weighted by atomic mass is 16.2. The van der Waals surface area contributed by atoms with E-state index in [2.05, 4.69) is 19.7 Å². The van der Waals surface area contributed by atoms with E-state index in [0.717, 1.165) is 63.6 Å². The second kappa shape index (κ2) is 7.43. The Morgan fingerprint density at radius 2 is 2.04 bits per heavy atom. The monoisotopic (exact) mass is 319 g/mol. The Morgan fingerprint density at radius 1 is 1.17 bits per heavy atom. The number of aryl methyl sites for hydroxylation is 2. The molecule has 128 valence electrons. The van der Waals surface area contributed by atoms with Crippen LogP contribution in [0.4, 0.5) is 0 Å². The third-order valence-corrected chi connectivity index (χ3v) is 5.07. The number of likely N-dealkylation sites (tertiary alicyclic amines) is 2. The van der Waals surface area contributed by atoms with E-state index in [-0.39, 0.29) is 0 Å². The molecule has 1 aromatic heterocycles. The van der Waals surface area contributed by atoms with Crippen LogP contribution in [0.3, 0.4) is 0 Å². The van der Waals surface area contributed by atoms with Gasteiger partial charge in [0.05, 0.1) is 0 Å². The van der Waals surface area contributed by atoms with Crippen LogP contribution < -0.4 is 0 Å². The van der Waals surface area contributed by atoms with Crippen molar-refractivity contribution in [3.05, 3.63) is 11.6 Å². The summed E-state index contributed by atoms with van der Waals surface area (Å²) in [7, 11) is 0. The number of rotatable bonds is 6. The number of nitrogens with zero attached hydrogens (tertiary/aromatic N) is 5. The van der Waals surface area contributed by atoms with E-state index in [0.29, 0.717) is 11.8 Å². The van der Waals surface area contributed by atoms with Gasteiger partial charge in [-0.05, 0) is 58.5 Å². The first-order valence-electron chi connectivity index (χ1n) is 9.00. The normalized spacial score (nSPS) is 23.0. The van der Waals surface area contributed by atoms with Crippen LogP contribution in [0.15, 0.2) is 0 Å². The van der Waals surface area contributed by atoms with E-state index in [4.69, 9.17) is 0 Å². The number of amides is 1. The minimum absolute atomic E-state index is 0.346. The number of aromatic nitrogens is 3. The van der Waals surface area contributed by atoms with Gasteiger partial charge in [0, 0.05) is 32.6 Å². The van der Waals surface area contributed by atoms with Crippen molar-refractivity contribution < 1.29 is 4.79 Å². The van der Waals surface area contributed by atoms with Crippen molar-refractivity contribution >= 4 is 5.91 Å². The molecule has 0 bridgehead atoms. The molecule has 6 heteroatoms. The molecule has 0 aliphatic carbocycles. The average Bonchev–Trinajstić information content (AvgIpc) is 3.05. The van der Waals surface area contributed by atoms with Crippen molar-refractivity contribution in [1.82, 2.24) is 24.6 Å². The molecular weight excluding hydrogens is 290 g/mol. The molecule has 1 atom stereocenters. The van der Waals surface area contributed by atoms with Crippen LogP contribution in [0.5, 0.6) is 0 Å². The van der Waals surface area contributed by atoms with Gasteiger partial charge in [0.1, 0.15) is 11.6 Å². The Balaban J connectivity index is 1.42. The second-order valence-corrected chi connectivity index (χ2v) is 7.04. The summed E-state index contributed by atoms with van der Waals surface area (Å²) in [5, 5.41) is 4.50. The molecule has 0 radical (unpaired) electrons. The molecule has 1 amide bonds. The molecule has 0 aromatic carbocycles. The van der Waals surface area contributed by atoms with Crippen molar-refractivity contribution in [2.45, 2.75) is 52.5 Å². The summed E-state index contributed by atoms with van der Waals surface area (Å²) in [4.78, 5) is 20.6. The number of hydrogen-bond donors (Lipinski definition) is 0. The number of hydrogen-bond acceptors (Lipinski definition) is 4. The van der Waals surface area contributed by atoms with E-state index in [9.17, 15) is 4.79 Å². The van der Waals surface area contributed by atoms with Gasteiger partial charge in [0.2, 0.25) is 5.91 Å². The van der Waals surface area contributed by atoms with Gasteiger partial charge in [-0.2, -0.15) is 5.10 Å². The molecule has 3 heterocycles. The second-order valence-electron chi connectivity index (χ2n) is 7.04.